The molecule has 0 fully saturated rings. The zero-order valence-corrected chi connectivity index (χ0v) is 7.37. The highest BCUT2D eigenvalue weighted by molar-refractivity contribution is 5.38. The van der Waals surface area contributed by atoms with Gasteiger partial charge in [0.15, 0.2) is 0 Å². The molecule has 0 saturated carbocycles. The maximum Gasteiger partial charge on any atom is 0.417 e. The largest absolute Gasteiger partial charge is 0.417 e. The van der Waals surface area contributed by atoms with Crippen LogP contribution in [0.15, 0.2) is 12.1 Å². The summed E-state index contributed by atoms with van der Waals surface area (Å²) in [7, 11) is 0. The molecule has 1 rings (SSSR count). The third kappa shape index (κ3) is 2.66. The van der Waals surface area contributed by atoms with E-state index < -0.39 is 29.0 Å². The number of alkyl halides is 6. The molecule has 7 heteroatoms. The highest BCUT2D eigenvalue weighted by Crippen LogP contribution is 2.35. The second-order valence-corrected chi connectivity index (χ2v) is 2.80. The van der Waals surface area contributed by atoms with Crippen LogP contribution in [0.2, 0.25) is 0 Å². The van der Waals surface area contributed by atoms with E-state index >= 15 is 0 Å². The Hall–Kier alpha value is -1.71. The fourth-order valence-electron chi connectivity index (χ4n) is 0.940. The molecule has 0 amide bonds. The third-order valence-electron chi connectivity index (χ3n) is 1.61. The number of nitriles is 1. The smallest absolute Gasteiger partial charge is 0.192 e. The van der Waals surface area contributed by atoms with Crippen molar-refractivity contribution >= 4 is 0 Å². The second-order valence-electron chi connectivity index (χ2n) is 2.80. The molecule has 0 aromatic heterocycles. The molecule has 0 spiro atoms. The molecule has 1 aromatic rings. The highest BCUT2D eigenvalue weighted by atomic mass is 19.4. The second kappa shape index (κ2) is 3.70. The fourth-order valence-corrected chi connectivity index (χ4v) is 0.940. The van der Waals surface area contributed by atoms with Crippen LogP contribution in [0.3, 0.4) is 0 Å². The Labute approximate surface area is 85.9 Å². The summed E-state index contributed by atoms with van der Waals surface area (Å²) in [6.45, 7) is 0. The minimum Gasteiger partial charge on any atom is -0.192 e. The van der Waals surface area contributed by atoms with Crippen molar-refractivity contribution in [1.29, 1.82) is 5.26 Å². The van der Waals surface area contributed by atoms with Crippen molar-refractivity contribution in [2.24, 2.45) is 0 Å². The number of benzene rings is 1. The van der Waals surface area contributed by atoms with E-state index in [0.717, 1.165) is 0 Å². The SMILES string of the molecule is N#Cc1cc(C(F)(F)F)[c]c(C(F)(F)F)c1. The van der Waals surface area contributed by atoms with Gasteiger partial charge in [0.1, 0.15) is 0 Å². The number of nitrogens with zero attached hydrogens (tertiary/aromatic N) is 1. The first kappa shape index (κ1) is 12.4. The maximum atomic E-state index is 12.2. The van der Waals surface area contributed by atoms with Crippen LogP contribution >= 0.6 is 0 Å². The number of hydrogen-bond donors (Lipinski definition) is 0. The quantitative estimate of drug-likeness (QED) is 0.635. The lowest BCUT2D eigenvalue weighted by atomic mass is 10.1. The predicted molar refractivity (Wildman–Crippen MR) is 40.0 cm³/mol. The van der Waals surface area contributed by atoms with Gasteiger partial charge in [-0.15, -0.1) is 0 Å². The van der Waals surface area contributed by atoms with Gasteiger partial charge < -0.3 is 0 Å². The van der Waals surface area contributed by atoms with Crippen LogP contribution in [0.1, 0.15) is 16.7 Å². The van der Waals surface area contributed by atoms with Crippen LogP contribution in [-0.4, -0.2) is 0 Å². The van der Waals surface area contributed by atoms with Crippen LogP contribution in [0.5, 0.6) is 0 Å². The van der Waals surface area contributed by atoms with E-state index in [1.165, 1.54) is 12.1 Å². The Morgan fingerprint density at radius 3 is 1.56 bits per heavy atom. The highest BCUT2D eigenvalue weighted by Gasteiger charge is 2.37. The zero-order chi connectivity index (χ0) is 12.6. The summed E-state index contributed by atoms with van der Waals surface area (Å²) >= 11 is 0. The van der Waals surface area contributed by atoms with E-state index in [2.05, 4.69) is 0 Å². The molecule has 0 heterocycles. The van der Waals surface area contributed by atoms with Crippen molar-refractivity contribution in [2.45, 2.75) is 12.4 Å². The normalized spacial score (nSPS) is 12.3. The zero-order valence-electron chi connectivity index (χ0n) is 7.37. The van der Waals surface area contributed by atoms with Crippen LogP contribution in [-0.2, 0) is 12.4 Å². The Kier molecular flexibility index (Phi) is 2.86. The van der Waals surface area contributed by atoms with Gasteiger partial charge in [-0.2, -0.15) is 31.6 Å². The molecule has 1 aromatic carbocycles. The van der Waals surface area contributed by atoms with Gasteiger partial charge in [0, 0.05) is 6.07 Å². The average molecular weight is 238 g/mol. The first-order valence-electron chi connectivity index (χ1n) is 3.76. The fraction of sp³-hybridized carbons (Fsp3) is 0.222. The van der Waals surface area contributed by atoms with Crippen molar-refractivity contribution < 1.29 is 26.3 Å². The molecule has 0 aliphatic rings. The van der Waals surface area contributed by atoms with Crippen LogP contribution < -0.4 is 0 Å². The van der Waals surface area contributed by atoms with Gasteiger partial charge in [-0.05, 0) is 12.1 Å². The van der Waals surface area contributed by atoms with Crippen molar-refractivity contribution in [3.63, 3.8) is 0 Å². The third-order valence-corrected chi connectivity index (χ3v) is 1.61. The lowest BCUT2D eigenvalue weighted by Crippen LogP contribution is -2.11. The molecule has 0 saturated heterocycles. The van der Waals surface area contributed by atoms with Crippen molar-refractivity contribution in [3.05, 3.63) is 34.9 Å². The summed E-state index contributed by atoms with van der Waals surface area (Å²) in [4.78, 5) is 0. The summed E-state index contributed by atoms with van der Waals surface area (Å²) in [5, 5.41) is 8.32. The van der Waals surface area contributed by atoms with E-state index in [4.69, 9.17) is 5.26 Å². The van der Waals surface area contributed by atoms with E-state index in [0.29, 0.717) is 12.1 Å². The standard InChI is InChI=1S/C9H2F6N/c10-8(11,12)6-1-5(4-16)2-7(3-6)9(13,14)15/h1-2H. The van der Waals surface area contributed by atoms with E-state index in [9.17, 15) is 26.3 Å². The summed E-state index contributed by atoms with van der Waals surface area (Å²) < 4.78 is 73.0. The van der Waals surface area contributed by atoms with E-state index in [1.54, 1.807) is 0 Å². The Morgan fingerprint density at radius 2 is 1.31 bits per heavy atom. The Morgan fingerprint density at radius 1 is 0.938 bits per heavy atom. The Balaban J connectivity index is 3.41. The minimum absolute atomic E-state index is 0.315. The molecule has 1 nitrogen and oxygen atoms in total. The number of hydrogen-bond acceptors (Lipinski definition) is 1. The summed E-state index contributed by atoms with van der Waals surface area (Å²) in [5.74, 6) is 0. The molecule has 0 aliphatic carbocycles. The van der Waals surface area contributed by atoms with Crippen molar-refractivity contribution in [1.82, 2.24) is 0 Å². The molecule has 0 N–H and O–H groups in total. The van der Waals surface area contributed by atoms with Gasteiger partial charge >= 0.3 is 12.4 Å². The van der Waals surface area contributed by atoms with Gasteiger partial charge in [-0.1, -0.05) is 0 Å². The van der Waals surface area contributed by atoms with E-state index in [-0.39, 0.29) is 0 Å². The van der Waals surface area contributed by atoms with Crippen molar-refractivity contribution in [2.75, 3.05) is 0 Å². The van der Waals surface area contributed by atoms with Crippen LogP contribution in [0.4, 0.5) is 26.3 Å². The lowest BCUT2D eigenvalue weighted by molar-refractivity contribution is -0.143. The van der Waals surface area contributed by atoms with Gasteiger partial charge in [0.05, 0.1) is 22.8 Å². The van der Waals surface area contributed by atoms with Gasteiger partial charge in [0.2, 0.25) is 0 Å². The maximum absolute atomic E-state index is 12.2. The molecule has 0 atom stereocenters. The monoisotopic (exact) mass is 238 g/mol. The number of rotatable bonds is 0. The summed E-state index contributed by atoms with van der Waals surface area (Å²) in [6.07, 6.45) is -9.93. The molecule has 16 heavy (non-hydrogen) atoms. The van der Waals surface area contributed by atoms with Gasteiger partial charge in [0.25, 0.3) is 0 Å². The molecular formula is C9H2F6N. The lowest BCUT2D eigenvalue weighted by Gasteiger charge is -2.11. The first-order valence-corrected chi connectivity index (χ1v) is 3.76. The van der Waals surface area contributed by atoms with Gasteiger partial charge in [-0.3, -0.25) is 0 Å². The van der Waals surface area contributed by atoms with Crippen LogP contribution in [0, 0.1) is 17.4 Å². The van der Waals surface area contributed by atoms with E-state index in [1.807, 2.05) is 0 Å². The summed E-state index contributed by atoms with van der Waals surface area (Å²) in [6, 6.07) is 3.06. The predicted octanol–water partition coefficient (Wildman–Crippen LogP) is 3.40. The molecule has 0 bridgehead atoms. The minimum atomic E-state index is -4.97. The molecular weight excluding hydrogens is 236 g/mol. The average Bonchev–Trinajstić information content (AvgIpc) is 2.14. The molecule has 1 radical (unpaired) electrons. The first-order chi connectivity index (χ1) is 7.14. The number of halogens is 6. The molecule has 85 valence electrons. The van der Waals surface area contributed by atoms with Crippen molar-refractivity contribution in [3.8, 4) is 6.07 Å². The summed E-state index contributed by atoms with van der Waals surface area (Å²) in [5.41, 5.74) is -3.93. The molecule has 0 unspecified atom stereocenters. The molecule has 0 aliphatic heterocycles. The topological polar surface area (TPSA) is 23.8 Å². The van der Waals surface area contributed by atoms with Gasteiger partial charge in [-0.25, -0.2) is 0 Å². The Bertz CT molecular complexity index is 405. The van der Waals surface area contributed by atoms with Crippen LogP contribution in [0.25, 0.3) is 0 Å².